The Morgan fingerprint density at radius 3 is 2.81 bits per heavy atom. The maximum absolute atomic E-state index is 12.4. The molecule has 0 aliphatic heterocycles. The molecule has 21 heavy (non-hydrogen) atoms. The second-order valence-corrected chi connectivity index (χ2v) is 5.94. The van der Waals surface area contributed by atoms with Gasteiger partial charge in [0, 0.05) is 11.4 Å². The van der Waals surface area contributed by atoms with Crippen LogP contribution in [-0.4, -0.2) is 16.9 Å². The lowest BCUT2D eigenvalue weighted by Gasteiger charge is -2.29. The zero-order valence-electron chi connectivity index (χ0n) is 12.2. The van der Waals surface area contributed by atoms with Crippen LogP contribution < -0.4 is 10.9 Å². The van der Waals surface area contributed by atoms with E-state index < -0.39 is 0 Å². The third-order valence-electron chi connectivity index (χ3n) is 4.43. The number of aromatic amines is 1. The summed E-state index contributed by atoms with van der Waals surface area (Å²) in [5.74, 6) is 0.312. The van der Waals surface area contributed by atoms with E-state index in [0.717, 1.165) is 24.6 Å². The van der Waals surface area contributed by atoms with Crippen molar-refractivity contribution in [1.29, 1.82) is 0 Å². The second kappa shape index (κ2) is 5.72. The van der Waals surface area contributed by atoms with Gasteiger partial charge < -0.3 is 10.3 Å². The Labute approximate surface area is 123 Å². The molecule has 1 fully saturated rings. The highest BCUT2D eigenvalue weighted by atomic mass is 16.2. The van der Waals surface area contributed by atoms with Gasteiger partial charge in [0.15, 0.2) is 0 Å². The molecule has 1 heterocycles. The smallest absolute Gasteiger partial charge is 0.268 e. The summed E-state index contributed by atoms with van der Waals surface area (Å²) < 4.78 is 0. The van der Waals surface area contributed by atoms with E-state index in [2.05, 4.69) is 17.2 Å². The predicted octanol–water partition coefficient (Wildman–Crippen LogP) is 2.84. The molecule has 4 nitrogen and oxygen atoms in total. The summed E-state index contributed by atoms with van der Waals surface area (Å²) in [6.07, 6.45) is 4.56. The van der Waals surface area contributed by atoms with Gasteiger partial charge >= 0.3 is 0 Å². The maximum Gasteiger partial charge on any atom is 0.268 e. The summed E-state index contributed by atoms with van der Waals surface area (Å²) >= 11 is 0. The van der Waals surface area contributed by atoms with Gasteiger partial charge in [-0.2, -0.15) is 0 Å². The number of carbonyl (C=O) groups is 1. The number of aromatic nitrogens is 1. The molecule has 2 unspecified atom stereocenters. The van der Waals surface area contributed by atoms with E-state index in [1.54, 1.807) is 12.1 Å². The Hall–Kier alpha value is -2.10. The van der Waals surface area contributed by atoms with Gasteiger partial charge in [-0.25, -0.2) is 0 Å². The van der Waals surface area contributed by atoms with Gasteiger partial charge in [0.1, 0.15) is 5.69 Å². The van der Waals surface area contributed by atoms with Gasteiger partial charge in [-0.15, -0.1) is 0 Å². The Kier molecular flexibility index (Phi) is 3.78. The standard InChI is InChI=1S/C17H20N2O2/c1-11-6-2-5-9-14(11)18-17(21)15-10-12-7-3-4-8-13(12)16(20)19-15/h3-4,7-8,10-11,14H,2,5-6,9H2,1H3,(H,18,21)(H,19,20). The lowest BCUT2D eigenvalue weighted by Crippen LogP contribution is -2.41. The summed E-state index contributed by atoms with van der Waals surface area (Å²) in [6, 6.07) is 9.26. The molecule has 1 aliphatic carbocycles. The largest absolute Gasteiger partial charge is 0.348 e. The average molecular weight is 284 g/mol. The van der Waals surface area contributed by atoms with Crippen molar-refractivity contribution in [2.24, 2.45) is 5.92 Å². The first-order valence-electron chi connectivity index (χ1n) is 7.58. The minimum atomic E-state index is -0.213. The fraction of sp³-hybridized carbons (Fsp3) is 0.412. The number of nitrogens with one attached hydrogen (secondary N) is 2. The Morgan fingerprint density at radius 2 is 2.00 bits per heavy atom. The molecule has 0 bridgehead atoms. The normalized spacial score (nSPS) is 22.1. The first-order chi connectivity index (χ1) is 10.1. The molecule has 2 atom stereocenters. The van der Waals surface area contributed by atoms with Crippen molar-refractivity contribution >= 4 is 16.7 Å². The lowest BCUT2D eigenvalue weighted by atomic mass is 9.86. The van der Waals surface area contributed by atoms with Crippen molar-refractivity contribution in [2.45, 2.75) is 38.6 Å². The molecule has 1 aromatic heterocycles. The molecule has 1 saturated carbocycles. The van der Waals surface area contributed by atoms with Crippen LogP contribution in [0.2, 0.25) is 0 Å². The molecule has 0 saturated heterocycles. The highest BCUT2D eigenvalue weighted by Crippen LogP contribution is 2.24. The van der Waals surface area contributed by atoms with Crippen molar-refractivity contribution in [3.63, 3.8) is 0 Å². The molecule has 1 aromatic carbocycles. The van der Waals surface area contributed by atoms with Crippen molar-refractivity contribution in [3.05, 3.63) is 46.4 Å². The summed E-state index contributed by atoms with van der Waals surface area (Å²) in [4.78, 5) is 27.1. The van der Waals surface area contributed by atoms with Crippen LogP contribution in [0.5, 0.6) is 0 Å². The quantitative estimate of drug-likeness (QED) is 0.890. The minimum Gasteiger partial charge on any atom is -0.348 e. The van der Waals surface area contributed by atoms with Crippen LogP contribution in [-0.2, 0) is 0 Å². The van der Waals surface area contributed by atoms with E-state index in [-0.39, 0.29) is 17.5 Å². The van der Waals surface area contributed by atoms with Crippen LogP contribution in [0.1, 0.15) is 43.1 Å². The molecule has 0 radical (unpaired) electrons. The third-order valence-corrected chi connectivity index (χ3v) is 4.43. The number of pyridine rings is 1. The zero-order valence-corrected chi connectivity index (χ0v) is 12.2. The number of rotatable bonds is 2. The summed E-state index contributed by atoms with van der Waals surface area (Å²) in [6.45, 7) is 2.17. The maximum atomic E-state index is 12.4. The molecule has 2 aromatic rings. The monoisotopic (exact) mass is 284 g/mol. The predicted molar refractivity (Wildman–Crippen MR) is 83.5 cm³/mol. The molecule has 1 aliphatic rings. The SMILES string of the molecule is CC1CCCCC1NC(=O)c1cc2ccccc2c(=O)[nH]1. The topological polar surface area (TPSA) is 62.0 Å². The lowest BCUT2D eigenvalue weighted by molar-refractivity contribution is 0.0905. The first kappa shape index (κ1) is 13.9. The highest BCUT2D eigenvalue weighted by molar-refractivity contribution is 5.96. The number of carbonyl (C=O) groups excluding carboxylic acids is 1. The molecule has 0 spiro atoms. The first-order valence-corrected chi connectivity index (χ1v) is 7.58. The fourth-order valence-electron chi connectivity index (χ4n) is 3.11. The number of fused-ring (bicyclic) bond motifs is 1. The van der Waals surface area contributed by atoms with Gasteiger partial charge in [0.05, 0.1) is 0 Å². The van der Waals surface area contributed by atoms with Crippen LogP contribution in [0.4, 0.5) is 0 Å². The minimum absolute atomic E-state index is 0.184. The third kappa shape index (κ3) is 2.84. The van der Waals surface area contributed by atoms with Gasteiger partial charge in [-0.3, -0.25) is 9.59 Å². The number of hydrogen-bond donors (Lipinski definition) is 2. The van der Waals surface area contributed by atoms with Crippen LogP contribution in [0.25, 0.3) is 10.8 Å². The molecule has 1 amide bonds. The van der Waals surface area contributed by atoms with E-state index >= 15 is 0 Å². The Balaban J connectivity index is 1.86. The van der Waals surface area contributed by atoms with Crippen molar-refractivity contribution in [2.75, 3.05) is 0 Å². The Morgan fingerprint density at radius 1 is 1.24 bits per heavy atom. The molecular weight excluding hydrogens is 264 g/mol. The van der Waals surface area contributed by atoms with Crippen LogP contribution in [0.3, 0.4) is 0 Å². The van der Waals surface area contributed by atoms with E-state index in [4.69, 9.17) is 0 Å². The van der Waals surface area contributed by atoms with E-state index in [1.807, 2.05) is 18.2 Å². The van der Waals surface area contributed by atoms with Crippen molar-refractivity contribution < 1.29 is 4.79 Å². The summed E-state index contributed by atoms with van der Waals surface area (Å²) in [7, 11) is 0. The molecule has 2 N–H and O–H groups in total. The van der Waals surface area contributed by atoms with Gasteiger partial charge in [0.25, 0.3) is 11.5 Å². The Bertz CT molecular complexity index is 720. The van der Waals surface area contributed by atoms with E-state index in [1.165, 1.54) is 6.42 Å². The highest BCUT2D eigenvalue weighted by Gasteiger charge is 2.23. The summed E-state index contributed by atoms with van der Waals surface area (Å²) in [5.41, 5.74) is 0.131. The number of amides is 1. The van der Waals surface area contributed by atoms with Gasteiger partial charge in [-0.1, -0.05) is 38.0 Å². The van der Waals surface area contributed by atoms with Crippen molar-refractivity contribution in [1.82, 2.24) is 10.3 Å². The van der Waals surface area contributed by atoms with E-state index in [9.17, 15) is 9.59 Å². The van der Waals surface area contributed by atoms with Crippen LogP contribution in [0.15, 0.2) is 35.1 Å². The van der Waals surface area contributed by atoms with Gasteiger partial charge in [0.2, 0.25) is 0 Å². The van der Waals surface area contributed by atoms with Crippen molar-refractivity contribution in [3.8, 4) is 0 Å². The molecule has 3 rings (SSSR count). The molecular formula is C17H20N2O2. The van der Waals surface area contributed by atoms with Crippen LogP contribution in [0, 0.1) is 5.92 Å². The van der Waals surface area contributed by atoms with Crippen LogP contribution >= 0.6 is 0 Å². The summed E-state index contributed by atoms with van der Waals surface area (Å²) in [5, 5.41) is 4.47. The average Bonchev–Trinajstić information content (AvgIpc) is 2.49. The fourth-order valence-corrected chi connectivity index (χ4v) is 3.11. The second-order valence-electron chi connectivity index (χ2n) is 5.94. The molecule has 4 heteroatoms. The number of benzene rings is 1. The number of hydrogen-bond acceptors (Lipinski definition) is 2. The number of H-pyrrole nitrogens is 1. The molecule has 110 valence electrons. The zero-order chi connectivity index (χ0) is 14.8. The van der Waals surface area contributed by atoms with Gasteiger partial charge in [-0.05, 0) is 36.3 Å². The van der Waals surface area contributed by atoms with E-state index in [0.29, 0.717) is 17.0 Å².